The summed E-state index contributed by atoms with van der Waals surface area (Å²) in [5.74, 6) is 3.07. The Bertz CT molecular complexity index is 565. The van der Waals surface area contributed by atoms with E-state index in [2.05, 4.69) is 11.9 Å². The molecule has 2 saturated carbocycles. The number of nitrogens with zero attached hydrogens (tertiary/aromatic N) is 1. The fraction of sp³-hybridized carbons (Fsp3) is 0.792. The van der Waals surface area contributed by atoms with Gasteiger partial charge in [-0.05, 0) is 73.8 Å². The maximum Gasteiger partial charge on any atom is 0.433 e. The van der Waals surface area contributed by atoms with Crippen LogP contribution in [0.2, 0.25) is 0 Å². The van der Waals surface area contributed by atoms with Crippen molar-refractivity contribution < 1.29 is 13.2 Å². The lowest BCUT2D eigenvalue weighted by molar-refractivity contribution is -0.141. The Morgan fingerprint density at radius 3 is 2.04 bits per heavy atom. The van der Waals surface area contributed by atoms with E-state index in [1.165, 1.54) is 76.8 Å². The van der Waals surface area contributed by atoms with E-state index in [0.29, 0.717) is 5.92 Å². The number of rotatable bonds is 7. The van der Waals surface area contributed by atoms with E-state index in [4.69, 9.17) is 0 Å². The molecule has 28 heavy (non-hydrogen) atoms. The van der Waals surface area contributed by atoms with Gasteiger partial charge in [0.05, 0.1) is 0 Å². The third kappa shape index (κ3) is 5.97. The van der Waals surface area contributed by atoms with Gasteiger partial charge in [0.15, 0.2) is 0 Å². The van der Waals surface area contributed by atoms with Crippen LogP contribution in [-0.4, -0.2) is 4.98 Å². The summed E-state index contributed by atoms with van der Waals surface area (Å²) < 4.78 is 38.1. The molecule has 0 radical (unpaired) electrons. The third-order valence-corrected chi connectivity index (χ3v) is 7.34. The molecule has 2 aliphatic rings. The number of unbranched alkanes of at least 4 members (excludes halogenated alkanes) is 3. The zero-order valence-electron chi connectivity index (χ0n) is 17.3. The summed E-state index contributed by atoms with van der Waals surface area (Å²) in [4.78, 5) is 3.65. The van der Waals surface area contributed by atoms with Crippen molar-refractivity contribution in [2.75, 3.05) is 0 Å². The first kappa shape index (κ1) is 21.6. The minimum atomic E-state index is -4.34. The van der Waals surface area contributed by atoms with Gasteiger partial charge in [0.25, 0.3) is 0 Å². The number of aromatic nitrogens is 1. The molecule has 3 rings (SSSR count). The summed E-state index contributed by atoms with van der Waals surface area (Å²) in [7, 11) is 0. The number of hydrogen-bond donors (Lipinski definition) is 0. The lowest BCUT2D eigenvalue weighted by Crippen LogP contribution is -2.25. The first-order valence-corrected chi connectivity index (χ1v) is 11.5. The molecule has 0 aliphatic heterocycles. The Hall–Kier alpha value is -1.06. The van der Waals surface area contributed by atoms with Crippen LogP contribution in [0.3, 0.4) is 0 Å². The summed E-state index contributed by atoms with van der Waals surface area (Å²) in [5, 5.41) is 0. The average Bonchev–Trinajstić information content (AvgIpc) is 2.71. The van der Waals surface area contributed by atoms with E-state index in [0.717, 1.165) is 42.2 Å². The summed E-state index contributed by atoms with van der Waals surface area (Å²) in [5.41, 5.74) is 0.207. The van der Waals surface area contributed by atoms with Crippen molar-refractivity contribution in [1.82, 2.24) is 4.98 Å². The van der Waals surface area contributed by atoms with Gasteiger partial charge in [-0.25, -0.2) is 0 Å². The van der Waals surface area contributed by atoms with Crippen molar-refractivity contribution in [3.8, 4) is 0 Å². The van der Waals surface area contributed by atoms with E-state index < -0.39 is 11.9 Å². The van der Waals surface area contributed by atoms with Crippen LogP contribution in [-0.2, 0) is 6.18 Å². The number of hydrogen-bond acceptors (Lipinski definition) is 1. The molecule has 2 aliphatic carbocycles. The molecule has 1 aromatic rings. The molecular formula is C24H36F3N. The van der Waals surface area contributed by atoms with Crippen LogP contribution in [0.1, 0.15) is 108 Å². The van der Waals surface area contributed by atoms with E-state index in [1.807, 2.05) is 0 Å². The van der Waals surface area contributed by atoms with Crippen LogP contribution < -0.4 is 0 Å². The van der Waals surface area contributed by atoms with E-state index in [-0.39, 0.29) is 0 Å². The highest BCUT2D eigenvalue weighted by atomic mass is 19.4. The first-order chi connectivity index (χ1) is 13.5. The molecular weight excluding hydrogens is 359 g/mol. The normalized spacial score (nSPS) is 29.0. The van der Waals surface area contributed by atoms with Crippen molar-refractivity contribution in [2.24, 2.45) is 17.8 Å². The molecule has 0 N–H and O–H groups in total. The molecule has 0 spiro atoms. The SMILES string of the molecule is CCCCCCC1CCC(C2CCC(c3ccc(C(F)(F)F)nc3)CC2)CC1. The lowest BCUT2D eigenvalue weighted by atomic mass is 9.68. The Labute approximate surface area is 168 Å². The lowest BCUT2D eigenvalue weighted by Gasteiger charge is -2.38. The van der Waals surface area contributed by atoms with Gasteiger partial charge >= 0.3 is 6.18 Å². The van der Waals surface area contributed by atoms with Crippen LogP contribution in [0.25, 0.3) is 0 Å². The Morgan fingerprint density at radius 1 is 0.857 bits per heavy atom. The van der Waals surface area contributed by atoms with Gasteiger partial charge in [0.2, 0.25) is 0 Å². The van der Waals surface area contributed by atoms with Gasteiger partial charge in [0, 0.05) is 6.20 Å². The van der Waals surface area contributed by atoms with Gasteiger partial charge in [-0.1, -0.05) is 57.9 Å². The molecule has 1 heterocycles. The molecule has 0 amide bonds. The topological polar surface area (TPSA) is 12.9 Å². The van der Waals surface area contributed by atoms with Crippen molar-refractivity contribution in [3.63, 3.8) is 0 Å². The summed E-state index contributed by atoms with van der Waals surface area (Å²) in [6.07, 6.45) is 14.4. The first-order valence-electron chi connectivity index (χ1n) is 11.5. The molecule has 0 saturated heterocycles. The van der Waals surface area contributed by atoms with Crippen molar-refractivity contribution in [1.29, 1.82) is 0 Å². The van der Waals surface area contributed by atoms with Gasteiger partial charge in [-0.2, -0.15) is 13.2 Å². The standard InChI is InChI=1S/C24H36F3N/c1-2-3-4-5-6-18-7-9-19(10-8-18)20-11-13-21(14-12-20)22-15-16-23(28-17-22)24(25,26)27/h15-21H,2-14H2,1H3. The summed E-state index contributed by atoms with van der Waals surface area (Å²) in [6, 6.07) is 2.79. The van der Waals surface area contributed by atoms with Crippen molar-refractivity contribution in [3.05, 3.63) is 29.6 Å². The van der Waals surface area contributed by atoms with Gasteiger partial charge in [-0.3, -0.25) is 4.98 Å². The second kappa shape index (κ2) is 10.1. The molecule has 0 aromatic carbocycles. The van der Waals surface area contributed by atoms with Crippen molar-refractivity contribution >= 4 is 0 Å². The van der Waals surface area contributed by atoms with Crippen LogP contribution in [0.15, 0.2) is 18.3 Å². The highest BCUT2D eigenvalue weighted by Gasteiger charge is 2.34. The number of halogens is 3. The predicted molar refractivity (Wildman–Crippen MR) is 108 cm³/mol. The largest absolute Gasteiger partial charge is 0.433 e. The molecule has 1 nitrogen and oxygen atoms in total. The van der Waals surface area contributed by atoms with Crippen LogP contribution >= 0.6 is 0 Å². The monoisotopic (exact) mass is 395 g/mol. The van der Waals surface area contributed by atoms with E-state index in [1.54, 1.807) is 6.07 Å². The zero-order valence-corrected chi connectivity index (χ0v) is 17.3. The number of pyridine rings is 1. The van der Waals surface area contributed by atoms with Crippen LogP contribution in [0, 0.1) is 17.8 Å². The highest BCUT2D eigenvalue weighted by Crippen LogP contribution is 2.44. The Balaban J connectivity index is 1.40. The molecule has 0 unspecified atom stereocenters. The van der Waals surface area contributed by atoms with Crippen LogP contribution in [0.4, 0.5) is 13.2 Å². The van der Waals surface area contributed by atoms with E-state index in [9.17, 15) is 13.2 Å². The van der Waals surface area contributed by atoms with Crippen molar-refractivity contribution in [2.45, 2.75) is 102 Å². The molecule has 0 bridgehead atoms. The number of alkyl halides is 3. The molecule has 4 heteroatoms. The smallest absolute Gasteiger partial charge is 0.251 e. The van der Waals surface area contributed by atoms with E-state index >= 15 is 0 Å². The summed E-state index contributed by atoms with van der Waals surface area (Å²) >= 11 is 0. The fourth-order valence-electron chi connectivity index (χ4n) is 5.55. The Morgan fingerprint density at radius 2 is 1.50 bits per heavy atom. The predicted octanol–water partition coefficient (Wildman–Crippen LogP) is 8.15. The summed E-state index contributed by atoms with van der Waals surface area (Å²) in [6.45, 7) is 2.27. The second-order valence-corrected chi connectivity index (χ2v) is 9.22. The quantitative estimate of drug-likeness (QED) is 0.424. The van der Waals surface area contributed by atoms with Gasteiger partial charge < -0.3 is 0 Å². The minimum Gasteiger partial charge on any atom is -0.251 e. The maximum atomic E-state index is 12.7. The third-order valence-electron chi connectivity index (χ3n) is 7.34. The average molecular weight is 396 g/mol. The zero-order chi connectivity index (χ0) is 20.0. The molecule has 1 aromatic heterocycles. The minimum absolute atomic E-state index is 0.390. The second-order valence-electron chi connectivity index (χ2n) is 9.22. The molecule has 0 atom stereocenters. The molecule has 2 fully saturated rings. The molecule has 158 valence electrons. The van der Waals surface area contributed by atoms with Gasteiger partial charge in [0.1, 0.15) is 5.69 Å². The Kier molecular flexibility index (Phi) is 7.82. The fourth-order valence-corrected chi connectivity index (χ4v) is 5.55. The van der Waals surface area contributed by atoms with Gasteiger partial charge in [-0.15, -0.1) is 0 Å². The highest BCUT2D eigenvalue weighted by molar-refractivity contribution is 5.20. The van der Waals surface area contributed by atoms with Crippen LogP contribution in [0.5, 0.6) is 0 Å². The maximum absolute atomic E-state index is 12.7.